The molecule has 0 aliphatic heterocycles. The first-order chi connectivity index (χ1) is 9.43. The molecular weight excluding hydrogens is 256 g/mol. The Morgan fingerprint density at radius 3 is 2.60 bits per heavy atom. The topological polar surface area (TPSA) is 97.1 Å². The summed E-state index contributed by atoms with van der Waals surface area (Å²) in [4.78, 5) is 27.4. The average Bonchev–Trinajstić information content (AvgIpc) is 2.38. The lowest BCUT2D eigenvalue weighted by Gasteiger charge is -2.09. The van der Waals surface area contributed by atoms with Crippen LogP contribution in [-0.4, -0.2) is 29.9 Å². The van der Waals surface area contributed by atoms with E-state index in [9.17, 15) is 9.59 Å². The van der Waals surface area contributed by atoms with Crippen LogP contribution in [0.1, 0.15) is 49.2 Å². The Bertz CT molecular complexity index is 486. The molecule has 0 radical (unpaired) electrons. The number of nitrogens with one attached hydrogen (secondary N) is 2. The molecule has 2 amide bonds. The third-order valence-electron chi connectivity index (χ3n) is 2.73. The van der Waals surface area contributed by atoms with Gasteiger partial charge in [-0.3, -0.25) is 9.59 Å². The van der Waals surface area contributed by atoms with E-state index in [4.69, 9.17) is 5.73 Å². The van der Waals surface area contributed by atoms with Crippen LogP contribution in [0, 0.1) is 0 Å². The van der Waals surface area contributed by atoms with Gasteiger partial charge in [-0.05, 0) is 25.0 Å². The van der Waals surface area contributed by atoms with Crippen LogP contribution in [0.3, 0.4) is 0 Å². The van der Waals surface area contributed by atoms with Gasteiger partial charge in [0.15, 0.2) is 0 Å². The molecule has 0 aromatic carbocycles. The van der Waals surface area contributed by atoms with Crippen molar-refractivity contribution in [3.63, 3.8) is 0 Å². The van der Waals surface area contributed by atoms with E-state index in [1.807, 2.05) is 20.8 Å². The molecule has 20 heavy (non-hydrogen) atoms. The number of carbonyl (C=O) groups excluding carboxylic acids is 2. The zero-order valence-corrected chi connectivity index (χ0v) is 12.2. The molecule has 1 heterocycles. The lowest BCUT2D eigenvalue weighted by molar-refractivity contribution is -0.120. The fourth-order valence-corrected chi connectivity index (χ4v) is 1.68. The van der Waals surface area contributed by atoms with Crippen molar-refractivity contribution >= 4 is 17.6 Å². The van der Waals surface area contributed by atoms with Gasteiger partial charge < -0.3 is 16.4 Å². The SMILES string of the molecule is CCNC(=O)CCNC(=O)c1cc(N)nc(C(C)C)c1. The maximum Gasteiger partial charge on any atom is 0.251 e. The zero-order valence-electron chi connectivity index (χ0n) is 12.2. The van der Waals surface area contributed by atoms with E-state index in [1.165, 1.54) is 6.07 Å². The monoisotopic (exact) mass is 278 g/mol. The molecule has 0 unspecified atom stereocenters. The third kappa shape index (κ3) is 4.87. The average molecular weight is 278 g/mol. The van der Waals surface area contributed by atoms with Gasteiger partial charge in [-0.2, -0.15) is 0 Å². The van der Waals surface area contributed by atoms with Crippen molar-refractivity contribution in [1.29, 1.82) is 0 Å². The highest BCUT2D eigenvalue weighted by Gasteiger charge is 2.11. The summed E-state index contributed by atoms with van der Waals surface area (Å²) in [5, 5.41) is 5.37. The molecule has 0 aliphatic carbocycles. The van der Waals surface area contributed by atoms with Gasteiger partial charge in [-0.15, -0.1) is 0 Å². The van der Waals surface area contributed by atoms with Crippen molar-refractivity contribution in [2.24, 2.45) is 0 Å². The standard InChI is InChI=1S/C14H22N4O2/c1-4-16-13(19)5-6-17-14(20)10-7-11(9(2)3)18-12(15)8-10/h7-9H,4-6H2,1-3H3,(H2,15,18)(H,16,19)(H,17,20). The van der Waals surface area contributed by atoms with E-state index in [0.717, 1.165) is 5.69 Å². The second-order valence-corrected chi connectivity index (χ2v) is 4.82. The van der Waals surface area contributed by atoms with Gasteiger partial charge in [-0.25, -0.2) is 4.98 Å². The summed E-state index contributed by atoms with van der Waals surface area (Å²) in [5.74, 6) is 0.195. The van der Waals surface area contributed by atoms with Crippen LogP contribution in [0.5, 0.6) is 0 Å². The molecule has 0 saturated carbocycles. The summed E-state index contributed by atoms with van der Waals surface area (Å²) in [7, 11) is 0. The van der Waals surface area contributed by atoms with Crippen molar-refractivity contribution in [2.75, 3.05) is 18.8 Å². The highest BCUT2D eigenvalue weighted by molar-refractivity contribution is 5.95. The predicted molar refractivity (Wildman–Crippen MR) is 78.4 cm³/mol. The Kier molecular flexibility index (Phi) is 5.96. The molecule has 0 bridgehead atoms. The van der Waals surface area contributed by atoms with E-state index in [-0.39, 0.29) is 24.2 Å². The van der Waals surface area contributed by atoms with Crippen LogP contribution in [0.2, 0.25) is 0 Å². The number of pyridine rings is 1. The Labute approximate surface area is 119 Å². The first kappa shape index (κ1) is 15.9. The summed E-state index contributed by atoms with van der Waals surface area (Å²) < 4.78 is 0. The largest absolute Gasteiger partial charge is 0.384 e. The van der Waals surface area contributed by atoms with Crippen LogP contribution in [0.15, 0.2) is 12.1 Å². The summed E-state index contributed by atoms with van der Waals surface area (Å²) in [6.07, 6.45) is 0.261. The minimum atomic E-state index is -0.245. The molecule has 4 N–H and O–H groups in total. The highest BCUT2D eigenvalue weighted by Crippen LogP contribution is 2.15. The molecule has 0 aliphatic rings. The maximum atomic E-state index is 12.0. The molecule has 1 rings (SSSR count). The molecule has 1 aromatic rings. The van der Waals surface area contributed by atoms with E-state index < -0.39 is 0 Å². The smallest absolute Gasteiger partial charge is 0.251 e. The molecule has 0 spiro atoms. The second-order valence-electron chi connectivity index (χ2n) is 4.82. The summed E-state index contributed by atoms with van der Waals surface area (Å²) >= 11 is 0. The molecule has 110 valence electrons. The molecule has 0 atom stereocenters. The Morgan fingerprint density at radius 1 is 1.30 bits per heavy atom. The van der Waals surface area contributed by atoms with Crippen LogP contribution >= 0.6 is 0 Å². The lowest BCUT2D eigenvalue weighted by atomic mass is 10.1. The molecule has 0 fully saturated rings. The van der Waals surface area contributed by atoms with Crippen LogP contribution in [0.4, 0.5) is 5.82 Å². The van der Waals surface area contributed by atoms with E-state index in [0.29, 0.717) is 24.5 Å². The number of nitrogens with zero attached hydrogens (tertiary/aromatic N) is 1. The minimum Gasteiger partial charge on any atom is -0.384 e. The number of rotatable bonds is 6. The van der Waals surface area contributed by atoms with Gasteiger partial charge in [0.1, 0.15) is 5.82 Å². The van der Waals surface area contributed by atoms with Gasteiger partial charge in [0.2, 0.25) is 5.91 Å². The molecular formula is C14H22N4O2. The summed E-state index contributed by atoms with van der Waals surface area (Å²) in [6, 6.07) is 3.26. The predicted octanol–water partition coefficient (Wildman–Crippen LogP) is 1.04. The first-order valence-corrected chi connectivity index (χ1v) is 6.76. The third-order valence-corrected chi connectivity index (χ3v) is 2.73. The number of anilines is 1. The normalized spacial score (nSPS) is 10.4. The summed E-state index contributed by atoms with van der Waals surface area (Å²) in [5.41, 5.74) is 6.94. The Balaban J connectivity index is 2.61. The zero-order chi connectivity index (χ0) is 15.1. The van der Waals surface area contributed by atoms with Crippen molar-refractivity contribution in [2.45, 2.75) is 33.1 Å². The number of hydrogen-bond acceptors (Lipinski definition) is 4. The van der Waals surface area contributed by atoms with Crippen LogP contribution < -0.4 is 16.4 Å². The van der Waals surface area contributed by atoms with Crippen LogP contribution in [0.25, 0.3) is 0 Å². The van der Waals surface area contributed by atoms with Gasteiger partial charge in [0, 0.05) is 30.8 Å². The van der Waals surface area contributed by atoms with Gasteiger partial charge in [0.25, 0.3) is 5.91 Å². The highest BCUT2D eigenvalue weighted by atomic mass is 16.2. The van der Waals surface area contributed by atoms with Gasteiger partial charge in [-0.1, -0.05) is 13.8 Å². The second kappa shape index (κ2) is 7.47. The quantitative estimate of drug-likeness (QED) is 0.724. The lowest BCUT2D eigenvalue weighted by Crippen LogP contribution is -2.30. The van der Waals surface area contributed by atoms with Crippen molar-refractivity contribution in [1.82, 2.24) is 15.6 Å². The minimum absolute atomic E-state index is 0.0788. The van der Waals surface area contributed by atoms with Crippen molar-refractivity contribution < 1.29 is 9.59 Å². The summed E-state index contributed by atoms with van der Waals surface area (Å²) in [6.45, 7) is 6.70. The maximum absolute atomic E-state index is 12.0. The van der Waals surface area contributed by atoms with E-state index >= 15 is 0 Å². The fourth-order valence-electron chi connectivity index (χ4n) is 1.68. The van der Waals surface area contributed by atoms with E-state index in [1.54, 1.807) is 6.07 Å². The van der Waals surface area contributed by atoms with Crippen molar-refractivity contribution in [3.8, 4) is 0 Å². The number of nitrogen functional groups attached to an aromatic ring is 1. The molecule has 6 nitrogen and oxygen atoms in total. The molecule has 6 heteroatoms. The Morgan fingerprint density at radius 2 is 2.00 bits per heavy atom. The number of hydrogen-bond donors (Lipinski definition) is 3. The number of nitrogens with two attached hydrogens (primary N) is 1. The fraction of sp³-hybridized carbons (Fsp3) is 0.500. The van der Waals surface area contributed by atoms with Gasteiger partial charge >= 0.3 is 0 Å². The van der Waals surface area contributed by atoms with E-state index in [2.05, 4.69) is 15.6 Å². The van der Waals surface area contributed by atoms with Crippen molar-refractivity contribution in [3.05, 3.63) is 23.4 Å². The Hall–Kier alpha value is -2.11. The molecule has 1 aromatic heterocycles. The number of amides is 2. The number of aromatic nitrogens is 1. The first-order valence-electron chi connectivity index (χ1n) is 6.76. The van der Waals surface area contributed by atoms with Crippen LogP contribution in [-0.2, 0) is 4.79 Å². The molecule has 0 saturated heterocycles. The van der Waals surface area contributed by atoms with Gasteiger partial charge in [0.05, 0.1) is 0 Å². The number of carbonyl (C=O) groups is 2.